The highest BCUT2D eigenvalue weighted by molar-refractivity contribution is 5.33. The fraction of sp³-hybridized carbons (Fsp3) is 0.571. The Morgan fingerprint density at radius 2 is 2.13 bits per heavy atom. The maximum absolute atomic E-state index is 3.33. The molecule has 15 heavy (non-hydrogen) atoms. The summed E-state index contributed by atoms with van der Waals surface area (Å²) < 4.78 is 0. The van der Waals surface area contributed by atoms with Crippen LogP contribution in [-0.4, -0.2) is 13.6 Å². The molecule has 1 aromatic carbocycles. The van der Waals surface area contributed by atoms with Crippen LogP contribution in [0.4, 0.5) is 0 Å². The van der Waals surface area contributed by atoms with Crippen LogP contribution in [0.15, 0.2) is 24.3 Å². The van der Waals surface area contributed by atoms with Gasteiger partial charge in [-0.15, -0.1) is 0 Å². The Morgan fingerprint density at radius 1 is 1.33 bits per heavy atom. The van der Waals surface area contributed by atoms with Crippen molar-refractivity contribution < 1.29 is 0 Å². The van der Waals surface area contributed by atoms with Gasteiger partial charge in [-0.3, -0.25) is 0 Å². The van der Waals surface area contributed by atoms with Gasteiger partial charge in [0.05, 0.1) is 0 Å². The van der Waals surface area contributed by atoms with E-state index < -0.39 is 0 Å². The highest BCUT2D eigenvalue weighted by atomic mass is 14.8. The molecule has 2 aliphatic carbocycles. The molecule has 3 rings (SSSR count). The molecule has 1 aromatic rings. The summed E-state index contributed by atoms with van der Waals surface area (Å²) in [6.07, 6.45) is 5.49. The number of rotatable bonds is 2. The first kappa shape index (κ1) is 9.41. The third-order valence-corrected chi connectivity index (χ3v) is 4.36. The third-order valence-electron chi connectivity index (χ3n) is 4.36. The van der Waals surface area contributed by atoms with Crippen LogP contribution in [0.5, 0.6) is 0 Å². The summed E-state index contributed by atoms with van der Waals surface area (Å²) >= 11 is 0. The minimum absolute atomic E-state index is 0.678. The van der Waals surface area contributed by atoms with Gasteiger partial charge in [0.2, 0.25) is 0 Å². The van der Waals surface area contributed by atoms with Crippen molar-refractivity contribution in [3.05, 3.63) is 35.4 Å². The molecule has 1 nitrogen and oxygen atoms in total. The van der Waals surface area contributed by atoms with E-state index >= 15 is 0 Å². The van der Waals surface area contributed by atoms with Crippen LogP contribution >= 0.6 is 0 Å². The molecule has 0 aliphatic heterocycles. The predicted octanol–water partition coefficient (Wildman–Crippen LogP) is 2.40. The molecule has 0 heterocycles. The maximum atomic E-state index is 3.33. The van der Waals surface area contributed by atoms with E-state index in [1.807, 2.05) is 0 Å². The molecule has 1 spiro atoms. The summed E-state index contributed by atoms with van der Waals surface area (Å²) in [6, 6.07) is 8.99. The summed E-state index contributed by atoms with van der Waals surface area (Å²) in [7, 11) is 2.07. The predicted molar refractivity (Wildman–Crippen MR) is 62.9 cm³/mol. The Balaban J connectivity index is 1.79. The molecule has 1 heteroatoms. The van der Waals surface area contributed by atoms with Gasteiger partial charge in [-0.05, 0) is 61.7 Å². The number of nitrogens with one attached hydrogen (secondary N) is 1. The second-order valence-corrected chi connectivity index (χ2v) is 5.27. The van der Waals surface area contributed by atoms with Crippen LogP contribution in [0.2, 0.25) is 0 Å². The molecule has 1 saturated carbocycles. The number of hydrogen-bond donors (Lipinski definition) is 1. The van der Waals surface area contributed by atoms with Crippen LogP contribution in [-0.2, 0) is 12.8 Å². The standard InChI is InChI=1S/C14H19N/c1-15-10-13-9-14(13)7-6-11-4-2-3-5-12(11)8-14/h2-5,13,15H,6-10H2,1H3. The highest BCUT2D eigenvalue weighted by Crippen LogP contribution is 2.59. The largest absolute Gasteiger partial charge is 0.319 e. The minimum atomic E-state index is 0.678. The van der Waals surface area contributed by atoms with Gasteiger partial charge in [-0.1, -0.05) is 24.3 Å². The summed E-state index contributed by atoms with van der Waals surface area (Å²) in [5, 5.41) is 3.33. The lowest BCUT2D eigenvalue weighted by atomic mass is 9.80. The topological polar surface area (TPSA) is 12.0 Å². The van der Waals surface area contributed by atoms with Crippen molar-refractivity contribution >= 4 is 0 Å². The Bertz CT molecular complexity index is 371. The van der Waals surface area contributed by atoms with Gasteiger partial charge >= 0.3 is 0 Å². The van der Waals surface area contributed by atoms with Gasteiger partial charge in [-0.2, -0.15) is 0 Å². The first-order chi connectivity index (χ1) is 7.34. The molecule has 80 valence electrons. The lowest BCUT2D eigenvalue weighted by molar-refractivity contribution is 0.388. The molecule has 1 fully saturated rings. The van der Waals surface area contributed by atoms with Crippen molar-refractivity contribution in [2.45, 2.75) is 25.7 Å². The Hall–Kier alpha value is -0.820. The van der Waals surface area contributed by atoms with Gasteiger partial charge in [0.1, 0.15) is 0 Å². The van der Waals surface area contributed by atoms with Crippen LogP contribution in [0.3, 0.4) is 0 Å². The van der Waals surface area contributed by atoms with Crippen LogP contribution < -0.4 is 5.32 Å². The molecule has 0 saturated heterocycles. The summed E-state index contributed by atoms with van der Waals surface area (Å²) in [4.78, 5) is 0. The van der Waals surface area contributed by atoms with Crippen LogP contribution in [0.25, 0.3) is 0 Å². The smallest absolute Gasteiger partial charge is 0.00179 e. The molecule has 0 aromatic heterocycles. The molecular weight excluding hydrogens is 182 g/mol. The first-order valence-electron chi connectivity index (χ1n) is 6.05. The second-order valence-electron chi connectivity index (χ2n) is 5.27. The molecule has 0 amide bonds. The number of fused-ring (bicyclic) bond motifs is 1. The van der Waals surface area contributed by atoms with E-state index in [0.717, 1.165) is 5.92 Å². The van der Waals surface area contributed by atoms with E-state index in [1.165, 1.54) is 32.2 Å². The summed E-state index contributed by atoms with van der Waals surface area (Å²) in [6.45, 7) is 1.21. The van der Waals surface area contributed by atoms with E-state index in [0.29, 0.717) is 5.41 Å². The van der Waals surface area contributed by atoms with E-state index in [-0.39, 0.29) is 0 Å². The molecule has 1 N–H and O–H groups in total. The lowest BCUT2D eigenvalue weighted by Crippen LogP contribution is -2.21. The van der Waals surface area contributed by atoms with E-state index in [2.05, 4.69) is 36.6 Å². The molecule has 2 unspecified atom stereocenters. The summed E-state index contributed by atoms with van der Waals surface area (Å²) in [5.74, 6) is 0.941. The van der Waals surface area contributed by atoms with Gasteiger partial charge in [0.15, 0.2) is 0 Å². The first-order valence-corrected chi connectivity index (χ1v) is 6.05. The van der Waals surface area contributed by atoms with E-state index in [4.69, 9.17) is 0 Å². The summed E-state index contributed by atoms with van der Waals surface area (Å²) in [5.41, 5.74) is 3.89. The van der Waals surface area contributed by atoms with Crippen molar-refractivity contribution in [2.24, 2.45) is 11.3 Å². The maximum Gasteiger partial charge on any atom is -0.00179 e. The highest BCUT2D eigenvalue weighted by Gasteiger charge is 2.53. The minimum Gasteiger partial charge on any atom is -0.319 e. The molecule has 0 bridgehead atoms. The van der Waals surface area contributed by atoms with Crippen molar-refractivity contribution in [2.75, 3.05) is 13.6 Å². The Morgan fingerprint density at radius 3 is 2.93 bits per heavy atom. The fourth-order valence-corrected chi connectivity index (χ4v) is 3.31. The van der Waals surface area contributed by atoms with Crippen molar-refractivity contribution in [1.29, 1.82) is 0 Å². The zero-order valence-electron chi connectivity index (χ0n) is 9.42. The van der Waals surface area contributed by atoms with Gasteiger partial charge < -0.3 is 5.32 Å². The Labute approximate surface area is 91.9 Å². The van der Waals surface area contributed by atoms with Gasteiger partial charge in [-0.25, -0.2) is 0 Å². The number of hydrogen-bond acceptors (Lipinski definition) is 1. The third kappa shape index (κ3) is 1.50. The van der Waals surface area contributed by atoms with Crippen LogP contribution in [0.1, 0.15) is 24.0 Å². The zero-order valence-corrected chi connectivity index (χ0v) is 9.42. The molecule has 2 aliphatic rings. The molecule has 2 atom stereocenters. The fourth-order valence-electron chi connectivity index (χ4n) is 3.31. The molecular formula is C14H19N. The van der Waals surface area contributed by atoms with Crippen molar-refractivity contribution in [3.63, 3.8) is 0 Å². The SMILES string of the molecule is CNCC1CC12CCc1ccccc1C2. The molecule has 0 radical (unpaired) electrons. The van der Waals surface area contributed by atoms with Gasteiger partial charge in [0.25, 0.3) is 0 Å². The van der Waals surface area contributed by atoms with E-state index in [1.54, 1.807) is 11.1 Å². The lowest BCUT2D eigenvalue weighted by Gasteiger charge is -2.25. The average Bonchev–Trinajstić information content (AvgIpc) is 2.91. The average molecular weight is 201 g/mol. The number of benzene rings is 1. The quantitative estimate of drug-likeness (QED) is 0.774. The normalized spacial score (nSPS) is 32.7. The van der Waals surface area contributed by atoms with Crippen molar-refractivity contribution in [3.8, 4) is 0 Å². The van der Waals surface area contributed by atoms with Gasteiger partial charge in [0, 0.05) is 0 Å². The van der Waals surface area contributed by atoms with Crippen molar-refractivity contribution in [1.82, 2.24) is 5.32 Å². The van der Waals surface area contributed by atoms with Crippen LogP contribution in [0, 0.1) is 11.3 Å². The monoisotopic (exact) mass is 201 g/mol. The number of aryl methyl sites for hydroxylation is 1. The second kappa shape index (κ2) is 3.34. The Kier molecular flexibility index (Phi) is 2.10. The van der Waals surface area contributed by atoms with E-state index in [9.17, 15) is 0 Å². The zero-order chi connectivity index (χ0) is 10.3.